The van der Waals surface area contributed by atoms with Gasteiger partial charge >= 0.3 is 0 Å². The van der Waals surface area contributed by atoms with E-state index in [0.29, 0.717) is 16.8 Å². The van der Waals surface area contributed by atoms with Gasteiger partial charge in [-0.3, -0.25) is 14.4 Å². The minimum Gasteiger partial charge on any atom is -0.347 e. The van der Waals surface area contributed by atoms with Crippen molar-refractivity contribution >= 4 is 23.4 Å². The van der Waals surface area contributed by atoms with Crippen molar-refractivity contribution in [1.82, 2.24) is 10.6 Å². The van der Waals surface area contributed by atoms with Gasteiger partial charge in [0.1, 0.15) is 0 Å². The molecule has 0 fully saturated rings. The molecule has 3 amide bonds. The van der Waals surface area contributed by atoms with Gasteiger partial charge in [-0.25, -0.2) is 0 Å². The molecule has 0 aliphatic heterocycles. The number of amides is 3. The van der Waals surface area contributed by atoms with E-state index in [9.17, 15) is 14.4 Å². The lowest BCUT2D eigenvalue weighted by molar-refractivity contribution is -0.123. The van der Waals surface area contributed by atoms with Gasteiger partial charge in [-0.1, -0.05) is 20.8 Å². The molecule has 3 N–H and O–H groups in total. The third-order valence-electron chi connectivity index (χ3n) is 3.37. The van der Waals surface area contributed by atoms with Gasteiger partial charge in [0, 0.05) is 33.3 Å². The number of carbonyl (C=O) groups is 3. The molecule has 0 radical (unpaired) electrons. The van der Waals surface area contributed by atoms with Crippen molar-refractivity contribution in [2.45, 2.75) is 73.4 Å². The van der Waals surface area contributed by atoms with Gasteiger partial charge in [0.25, 0.3) is 11.8 Å². The van der Waals surface area contributed by atoms with E-state index in [4.69, 9.17) is 0 Å². The summed E-state index contributed by atoms with van der Waals surface area (Å²) in [6.45, 7) is 16.7. The fraction of sp³-hybridized carbons (Fsp3) is 0.571. The Hall–Kier alpha value is -2.37. The molecule has 1 aromatic carbocycles. The van der Waals surface area contributed by atoms with Crippen molar-refractivity contribution in [3.8, 4) is 0 Å². The molecule has 0 saturated heterocycles. The van der Waals surface area contributed by atoms with Crippen LogP contribution in [-0.4, -0.2) is 28.8 Å². The van der Waals surface area contributed by atoms with E-state index in [-0.39, 0.29) is 17.7 Å². The first kappa shape index (κ1) is 22.7. The van der Waals surface area contributed by atoms with Crippen molar-refractivity contribution in [2.24, 2.45) is 5.41 Å². The molecular weight excluding hydrogens is 342 g/mol. The fourth-order valence-electron chi connectivity index (χ4n) is 2.11. The number of hydrogen-bond acceptors (Lipinski definition) is 3. The normalized spacial score (nSPS) is 12.3. The average molecular weight is 376 g/mol. The third kappa shape index (κ3) is 7.81. The second kappa shape index (κ2) is 7.71. The van der Waals surface area contributed by atoms with Crippen molar-refractivity contribution < 1.29 is 14.4 Å². The third-order valence-corrected chi connectivity index (χ3v) is 3.37. The molecule has 6 heteroatoms. The Morgan fingerprint density at radius 1 is 0.667 bits per heavy atom. The van der Waals surface area contributed by atoms with E-state index in [0.717, 1.165) is 0 Å². The van der Waals surface area contributed by atoms with Crippen LogP contribution in [0.15, 0.2) is 18.2 Å². The summed E-state index contributed by atoms with van der Waals surface area (Å²) in [5, 5.41) is 8.55. The van der Waals surface area contributed by atoms with E-state index in [1.54, 1.807) is 32.9 Å². The van der Waals surface area contributed by atoms with Crippen LogP contribution in [-0.2, 0) is 4.79 Å². The largest absolute Gasteiger partial charge is 0.347 e. The van der Waals surface area contributed by atoms with Crippen LogP contribution in [0.2, 0.25) is 0 Å². The number of nitrogens with one attached hydrogen (secondary N) is 3. The van der Waals surface area contributed by atoms with E-state index < -0.39 is 16.5 Å². The van der Waals surface area contributed by atoms with Crippen LogP contribution >= 0.6 is 0 Å². The quantitative estimate of drug-likeness (QED) is 0.752. The zero-order valence-corrected chi connectivity index (χ0v) is 18.0. The maximum Gasteiger partial charge on any atom is 0.251 e. The van der Waals surface area contributed by atoms with E-state index >= 15 is 0 Å². The highest BCUT2D eigenvalue weighted by Crippen LogP contribution is 2.21. The minimum atomic E-state index is -0.600. The molecule has 0 saturated carbocycles. The topological polar surface area (TPSA) is 87.3 Å². The van der Waals surface area contributed by atoms with Gasteiger partial charge in [-0.2, -0.15) is 0 Å². The highest BCUT2D eigenvalue weighted by atomic mass is 16.2. The fourth-order valence-corrected chi connectivity index (χ4v) is 2.11. The van der Waals surface area contributed by atoms with Crippen LogP contribution in [0.25, 0.3) is 0 Å². The maximum atomic E-state index is 12.6. The molecule has 1 aromatic rings. The average Bonchev–Trinajstić information content (AvgIpc) is 2.42. The SMILES string of the molecule is CC(C)(C)NC(=O)c1cc(NC(=O)C(C)(C)C)cc(C(=O)NC(C)(C)C)c1. The van der Waals surface area contributed by atoms with Crippen molar-refractivity contribution in [1.29, 1.82) is 0 Å². The van der Waals surface area contributed by atoms with Gasteiger partial charge in [0.15, 0.2) is 0 Å². The lowest BCUT2D eigenvalue weighted by atomic mass is 9.95. The second-order valence-electron chi connectivity index (χ2n) is 9.91. The molecule has 27 heavy (non-hydrogen) atoms. The molecule has 150 valence electrons. The van der Waals surface area contributed by atoms with Crippen LogP contribution in [0.4, 0.5) is 5.69 Å². The Balaban J connectivity index is 3.32. The molecule has 0 heterocycles. The molecular formula is C21H33N3O3. The first-order chi connectivity index (χ1) is 12.0. The summed E-state index contributed by atoms with van der Waals surface area (Å²) in [4.78, 5) is 37.5. The first-order valence-corrected chi connectivity index (χ1v) is 9.09. The van der Waals surface area contributed by atoms with Gasteiger partial charge in [-0.15, -0.1) is 0 Å². The molecule has 0 bridgehead atoms. The Kier molecular flexibility index (Phi) is 6.47. The van der Waals surface area contributed by atoms with Crippen LogP contribution < -0.4 is 16.0 Å². The number of hydrogen-bond donors (Lipinski definition) is 3. The smallest absolute Gasteiger partial charge is 0.251 e. The predicted octanol–water partition coefficient (Wildman–Crippen LogP) is 3.73. The number of anilines is 1. The molecule has 6 nitrogen and oxygen atoms in total. The maximum absolute atomic E-state index is 12.6. The summed E-state index contributed by atoms with van der Waals surface area (Å²) >= 11 is 0. The van der Waals surface area contributed by atoms with Gasteiger partial charge in [-0.05, 0) is 59.7 Å². The molecule has 0 aliphatic carbocycles. The van der Waals surface area contributed by atoms with Gasteiger partial charge < -0.3 is 16.0 Å². The zero-order valence-electron chi connectivity index (χ0n) is 18.0. The lowest BCUT2D eigenvalue weighted by Gasteiger charge is -2.23. The summed E-state index contributed by atoms with van der Waals surface area (Å²) in [7, 11) is 0. The zero-order chi connectivity index (χ0) is 21.2. The summed E-state index contributed by atoms with van der Waals surface area (Å²) in [5.74, 6) is -0.809. The van der Waals surface area contributed by atoms with Crippen LogP contribution in [0.1, 0.15) is 83.0 Å². The summed E-state index contributed by atoms with van der Waals surface area (Å²) < 4.78 is 0. The summed E-state index contributed by atoms with van der Waals surface area (Å²) in [5.41, 5.74) is -0.398. The van der Waals surface area contributed by atoms with Gasteiger partial charge in [0.05, 0.1) is 0 Å². The van der Waals surface area contributed by atoms with Crippen LogP contribution in [0.3, 0.4) is 0 Å². The molecule has 0 aromatic heterocycles. The molecule has 0 aliphatic rings. The molecule has 0 spiro atoms. The number of carbonyl (C=O) groups excluding carboxylic acids is 3. The monoisotopic (exact) mass is 375 g/mol. The van der Waals surface area contributed by atoms with Crippen LogP contribution in [0.5, 0.6) is 0 Å². The lowest BCUT2D eigenvalue weighted by Crippen LogP contribution is -2.41. The van der Waals surface area contributed by atoms with Crippen molar-refractivity contribution in [3.05, 3.63) is 29.3 Å². The number of benzene rings is 1. The molecule has 1 rings (SSSR count). The Morgan fingerprint density at radius 2 is 1.04 bits per heavy atom. The summed E-state index contributed by atoms with van der Waals surface area (Å²) in [6.07, 6.45) is 0. The Bertz CT molecular complexity index is 686. The van der Waals surface area contributed by atoms with Crippen LogP contribution in [0, 0.1) is 5.41 Å². The van der Waals surface area contributed by atoms with Crippen molar-refractivity contribution in [2.75, 3.05) is 5.32 Å². The highest BCUT2D eigenvalue weighted by Gasteiger charge is 2.24. The van der Waals surface area contributed by atoms with E-state index in [1.807, 2.05) is 41.5 Å². The minimum absolute atomic E-state index is 0.196. The predicted molar refractivity (Wildman–Crippen MR) is 109 cm³/mol. The van der Waals surface area contributed by atoms with Gasteiger partial charge in [0.2, 0.25) is 5.91 Å². The Labute approximate surface area is 162 Å². The molecule has 0 unspecified atom stereocenters. The molecule has 0 atom stereocenters. The van der Waals surface area contributed by atoms with Crippen molar-refractivity contribution in [3.63, 3.8) is 0 Å². The van der Waals surface area contributed by atoms with E-state index in [2.05, 4.69) is 16.0 Å². The van der Waals surface area contributed by atoms with E-state index in [1.165, 1.54) is 6.07 Å². The first-order valence-electron chi connectivity index (χ1n) is 9.09. The second-order valence-corrected chi connectivity index (χ2v) is 9.91. The highest BCUT2D eigenvalue weighted by molar-refractivity contribution is 6.03. The standard InChI is InChI=1S/C21H33N3O3/c1-19(2,3)18(27)22-15-11-13(16(25)23-20(4,5)6)10-14(12-15)17(26)24-21(7,8)9/h10-12H,1-9H3,(H,22,27)(H,23,25)(H,24,26). The Morgan fingerprint density at radius 3 is 1.33 bits per heavy atom. The number of rotatable bonds is 3. The summed E-state index contributed by atoms with van der Waals surface area (Å²) in [6, 6.07) is 4.70.